The van der Waals surface area contributed by atoms with Crippen molar-refractivity contribution in [2.75, 3.05) is 20.3 Å². The Labute approximate surface area is 146 Å². The van der Waals surface area contributed by atoms with Crippen LogP contribution in [0.15, 0.2) is 24.3 Å². The molecule has 136 valence electrons. The van der Waals surface area contributed by atoms with Crippen molar-refractivity contribution in [2.45, 2.75) is 20.3 Å². The normalized spacial score (nSPS) is 10.2. The fourth-order valence-corrected chi connectivity index (χ4v) is 1.66. The third-order valence-electron chi connectivity index (χ3n) is 2.78. The lowest BCUT2D eigenvalue weighted by molar-refractivity contribution is -0.144. The first-order chi connectivity index (χ1) is 12.0. The molecule has 0 aliphatic rings. The van der Waals surface area contributed by atoms with Crippen molar-refractivity contribution in [3.05, 3.63) is 29.8 Å². The molecule has 0 atom stereocenters. The Morgan fingerprint density at radius 2 is 1.92 bits per heavy atom. The van der Waals surface area contributed by atoms with Crippen molar-refractivity contribution in [1.82, 2.24) is 10.9 Å². The lowest BCUT2D eigenvalue weighted by Gasteiger charge is -2.10. The van der Waals surface area contributed by atoms with Gasteiger partial charge in [-0.25, -0.2) is 4.79 Å². The molecular formula is C17H22N2O6. The molecule has 0 unspecified atom stereocenters. The summed E-state index contributed by atoms with van der Waals surface area (Å²) in [5.74, 6) is -0.587. The molecule has 8 nitrogen and oxygen atoms in total. The number of hydrogen-bond acceptors (Lipinski definition) is 6. The predicted octanol–water partition coefficient (Wildman–Crippen LogP) is 1.21. The van der Waals surface area contributed by atoms with Gasteiger partial charge < -0.3 is 14.2 Å². The summed E-state index contributed by atoms with van der Waals surface area (Å²) in [6.07, 6.45) is 3.60. The van der Waals surface area contributed by atoms with Gasteiger partial charge in [-0.15, -0.1) is 0 Å². The highest BCUT2D eigenvalue weighted by Gasteiger charge is 2.07. The number of rotatable bonds is 8. The molecule has 25 heavy (non-hydrogen) atoms. The number of carbonyl (C=O) groups is 3. The van der Waals surface area contributed by atoms with E-state index in [0.29, 0.717) is 23.7 Å². The third-order valence-corrected chi connectivity index (χ3v) is 2.78. The van der Waals surface area contributed by atoms with E-state index in [2.05, 4.69) is 10.9 Å². The summed E-state index contributed by atoms with van der Waals surface area (Å²) in [5, 5.41) is 0. The Morgan fingerprint density at radius 1 is 1.16 bits per heavy atom. The Kier molecular flexibility index (Phi) is 8.56. The van der Waals surface area contributed by atoms with Crippen LogP contribution in [-0.4, -0.2) is 38.1 Å². The highest BCUT2D eigenvalue weighted by atomic mass is 16.5. The van der Waals surface area contributed by atoms with Crippen LogP contribution in [0, 0.1) is 0 Å². The maximum absolute atomic E-state index is 11.6. The number of hydrazine groups is 1. The first-order valence-corrected chi connectivity index (χ1v) is 7.67. The van der Waals surface area contributed by atoms with E-state index in [1.165, 1.54) is 26.2 Å². The van der Waals surface area contributed by atoms with Gasteiger partial charge in [-0.3, -0.25) is 20.4 Å². The van der Waals surface area contributed by atoms with E-state index in [-0.39, 0.29) is 0 Å². The van der Waals surface area contributed by atoms with Crippen LogP contribution in [0.5, 0.6) is 11.5 Å². The fourth-order valence-electron chi connectivity index (χ4n) is 1.66. The minimum Gasteiger partial charge on any atom is -0.493 e. The van der Waals surface area contributed by atoms with E-state index in [4.69, 9.17) is 14.2 Å². The second-order valence-electron chi connectivity index (χ2n) is 4.93. The number of methoxy groups -OCH3 is 1. The summed E-state index contributed by atoms with van der Waals surface area (Å²) >= 11 is 0. The first kappa shape index (κ1) is 20.0. The number of carbonyl (C=O) groups excluding carboxylic acids is 3. The maximum atomic E-state index is 11.6. The minimum absolute atomic E-state index is 0.431. The van der Waals surface area contributed by atoms with Crippen LogP contribution in [0.3, 0.4) is 0 Å². The SMILES string of the molecule is CCCOc1ccc(/C=C/C(=O)OCC(=O)NNC(C)=O)cc1OC. The Morgan fingerprint density at radius 3 is 2.56 bits per heavy atom. The van der Waals surface area contributed by atoms with Gasteiger partial charge in [-0.1, -0.05) is 13.0 Å². The molecule has 0 bridgehead atoms. The molecule has 0 aliphatic carbocycles. The molecule has 1 rings (SSSR count). The van der Waals surface area contributed by atoms with Crippen molar-refractivity contribution in [1.29, 1.82) is 0 Å². The molecule has 0 aliphatic heterocycles. The number of hydrogen-bond donors (Lipinski definition) is 2. The topological polar surface area (TPSA) is 103 Å². The van der Waals surface area contributed by atoms with Gasteiger partial charge in [0.1, 0.15) is 0 Å². The van der Waals surface area contributed by atoms with Crippen LogP contribution in [0.25, 0.3) is 6.08 Å². The average Bonchev–Trinajstić information content (AvgIpc) is 2.61. The quantitative estimate of drug-likeness (QED) is 0.415. The zero-order valence-electron chi connectivity index (χ0n) is 14.5. The summed E-state index contributed by atoms with van der Waals surface area (Å²) in [7, 11) is 1.53. The van der Waals surface area contributed by atoms with Gasteiger partial charge in [-0.2, -0.15) is 0 Å². The molecule has 2 N–H and O–H groups in total. The van der Waals surface area contributed by atoms with Gasteiger partial charge in [0, 0.05) is 13.0 Å². The minimum atomic E-state index is -0.691. The Hall–Kier alpha value is -3.03. The standard InChI is InChI=1S/C17H22N2O6/c1-4-9-24-14-7-5-13(10-15(14)23-3)6-8-17(22)25-11-16(21)19-18-12(2)20/h5-8,10H,4,9,11H2,1-3H3,(H,18,20)(H,19,21)/b8-6+. The molecular weight excluding hydrogens is 328 g/mol. The number of ether oxygens (including phenoxy) is 3. The zero-order valence-corrected chi connectivity index (χ0v) is 14.5. The van der Waals surface area contributed by atoms with Gasteiger partial charge >= 0.3 is 5.97 Å². The van der Waals surface area contributed by atoms with E-state index in [1.807, 2.05) is 6.92 Å². The van der Waals surface area contributed by atoms with Gasteiger partial charge in [0.05, 0.1) is 13.7 Å². The molecule has 1 aromatic carbocycles. The molecule has 0 radical (unpaired) electrons. The van der Waals surface area contributed by atoms with Crippen LogP contribution >= 0.6 is 0 Å². The van der Waals surface area contributed by atoms with Crippen molar-refractivity contribution < 1.29 is 28.6 Å². The first-order valence-electron chi connectivity index (χ1n) is 7.67. The Balaban J connectivity index is 2.55. The smallest absolute Gasteiger partial charge is 0.331 e. The van der Waals surface area contributed by atoms with E-state index in [9.17, 15) is 14.4 Å². The average molecular weight is 350 g/mol. The fraction of sp³-hybridized carbons (Fsp3) is 0.353. The second-order valence-corrected chi connectivity index (χ2v) is 4.93. The van der Waals surface area contributed by atoms with E-state index < -0.39 is 24.4 Å². The molecule has 0 saturated heterocycles. The van der Waals surface area contributed by atoms with Crippen LogP contribution in [0.2, 0.25) is 0 Å². The molecule has 0 saturated carbocycles. The summed E-state index contributed by atoms with van der Waals surface area (Å²) < 4.78 is 15.5. The largest absolute Gasteiger partial charge is 0.493 e. The van der Waals surface area contributed by atoms with E-state index in [1.54, 1.807) is 18.2 Å². The molecule has 2 amide bonds. The molecule has 1 aromatic rings. The van der Waals surface area contributed by atoms with E-state index in [0.717, 1.165) is 6.42 Å². The van der Waals surface area contributed by atoms with Crippen LogP contribution in [-0.2, 0) is 19.1 Å². The van der Waals surface area contributed by atoms with Crippen LogP contribution < -0.4 is 20.3 Å². The molecule has 0 spiro atoms. The van der Waals surface area contributed by atoms with E-state index >= 15 is 0 Å². The van der Waals surface area contributed by atoms with Crippen molar-refractivity contribution >= 4 is 23.9 Å². The number of amides is 2. The molecule has 8 heteroatoms. The van der Waals surface area contributed by atoms with Gasteiger partial charge in [-0.05, 0) is 30.2 Å². The van der Waals surface area contributed by atoms with Crippen LogP contribution in [0.1, 0.15) is 25.8 Å². The summed E-state index contributed by atoms with van der Waals surface area (Å²) in [6.45, 7) is 3.32. The predicted molar refractivity (Wildman–Crippen MR) is 90.7 cm³/mol. The molecule has 0 heterocycles. The van der Waals surface area contributed by atoms with Crippen molar-refractivity contribution in [3.63, 3.8) is 0 Å². The zero-order chi connectivity index (χ0) is 18.7. The molecule has 0 aromatic heterocycles. The highest BCUT2D eigenvalue weighted by molar-refractivity contribution is 5.89. The highest BCUT2D eigenvalue weighted by Crippen LogP contribution is 2.28. The molecule has 0 fully saturated rings. The lowest BCUT2D eigenvalue weighted by atomic mass is 10.2. The van der Waals surface area contributed by atoms with Crippen LogP contribution in [0.4, 0.5) is 0 Å². The summed E-state index contributed by atoms with van der Waals surface area (Å²) in [6, 6.07) is 5.24. The maximum Gasteiger partial charge on any atom is 0.331 e. The number of nitrogens with one attached hydrogen (secondary N) is 2. The summed E-state index contributed by atoms with van der Waals surface area (Å²) in [4.78, 5) is 33.5. The second kappa shape index (κ2) is 10.7. The third kappa shape index (κ3) is 7.87. The monoisotopic (exact) mass is 350 g/mol. The van der Waals surface area contributed by atoms with Gasteiger partial charge in [0.2, 0.25) is 5.91 Å². The number of benzene rings is 1. The Bertz CT molecular complexity index is 642. The van der Waals surface area contributed by atoms with Gasteiger partial charge in [0.15, 0.2) is 18.1 Å². The lowest BCUT2D eigenvalue weighted by Crippen LogP contribution is -2.42. The summed E-state index contributed by atoms with van der Waals surface area (Å²) in [5.41, 5.74) is 4.87. The van der Waals surface area contributed by atoms with Crippen molar-refractivity contribution in [2.24, 2.45) is 0 Å². The van der Waals surface area contributed by atoms with Gasteiger partial charge in [0.25, 0.3) is 5.91 Å². The van der Waals surface area contributed by atoms with Crippen molar-refractivity contribution in [3.8, 4) is 11.5 Å². The number of esters is 1.